The second-order valence-electron chi connectivity index (χ2n) is 6.02. The number of nitrogens with zero attached hydrogens (tertiary/aromatic N) is 3. The number of carbonyl (C=O) groups is 2. The third-order valence-electron chi connectivity index (χ3n) is 4.12. The van der Waals surface area contributed by atoms with Crippen LogP contribution in [0.5, 0.6) is 0 Å². The fourth-order valence-electron chi connectivity index (χ4n) is 2.65. The van der Waals surface area contributed by atoms with Gasteiger partial charge in [-0.05, 0) is 36.8 Å². The first-order valence-electron chi connectivity index (χ1n) is 8.31. The Hall–Kier alpha value is -3.35. The van der Waals surface area contributed by atoms with Gasteiger partial charge in [-0.15, -0.1) is 0 Å². The first-order chi connectivity index (χ1) is 12.5. The molecule has 2 aromatic heterocycles. The van der Waals surface area contributed by atoms with Crippen molar-refractivity contribution < 1.29 is 14.7 Å². The highest BCUT2D eigenvalue weighted by molar-refractivity contribution is 5.86. The molecule has 1 unspecified atom stereocenters. The number of rotatable bonds is 7. The Kier molecular flexibility index (Phi) is 5.17. The van der Waals surface area contributed by atoms with E-state index >= 15 is 0 Å². The molecule has 3 rings (SSSR count). The van der Waals surface area contributed by atoms with Crippen LogP contribution in [0.2, 0.25) is 0 Å². The predicted octanol–water partition coefficient (Wildman–Crippen LogP) is 2.64. The molecule has 0 aliphatic carbocycles. The molecule has 134 valence electrons. The van der Waals surface area contributed by atoms with E-state index in [1.54, 1.807) is 0 Å². The van der Waals surface area contributed by atoms with E-state index in [9.17, 15) is 9.59 Å². The molecule has 0 saturated heterocycles. The van der Waals surface area contributed by atoms with Crippen molar-refractivity contribution in [2.45, 2.75) is 25.9 Å². The van der Waals surface area contributed by atoms with Gasteiger partial charge in [-0.25, -0.2) is 4.79 Å². The largest absolute Gasteiger partial charge is 0.478 e. The topological polar surface area (TPSA) is 89.2 Å². The minimum Gasteiger partial charge on any atom is -0.478 e. The molecule has 2 N–H and O–H groups in total. The van der Waals surface area contributed by atoms with Crippen molar-refractivity contribution in [3.63, 3.8) is 0 Å². The highest BCUT2D eigenvalue weighted by atomic mass is 16.4. The van der Waals surface area contributed by atoms with E-state index in [0.717, 1.165) is 11.3 Å². The van der Waals surface area contributed by atoms with Crippen LogP contribution in [0.1, 0.15) is 35.3 Å². The van der Waals surface area contributed by atoms with Gasteiger partial charge in [0.2, 0.25) is 5.91 Å². The van der Waals surface area contributed by atoms with Crippen molar-refractivity contribution in [3.8, 4) is 5.69 Å². The monoisotopic (exact) mass is 352 g/mol. The average molecular weight is 352 g/mol. The maximum Gasteiger partial charge on any atom is 0.338 e. The molecular weight excluding hydrogens is 332 g/mol. The molecule has 7 heteroatoms. The Morgan fingerprint density at radius 2 is 1.88 bits per heavy atom. The molecule has 0 radical (unpaired) electrons. The second-order valence-corrected chi connectivity index (χ2v) is 6.02. The number of benzene rings is 1. The fourth-order valence-corrected chi connectivity index (χ4v) is 2.65. The Morgan fingerprint density at radius 3 is 2.50 bits per heavy atom. The number of nitrogens with one attached hydrogen (secondary N) is 1. The number of carboxylic acid groups (broad SMARTS) is 1. The number of hydrogen-bond donors (Lipinski definition) is 2. The molecule has 0 bridgehead atoms. The SMILES string of the molecule is CC(NC(=O)CCn1cc(C(=O)O)cn1)c1ccc(-n2cccc2)cc1. The molecule has 26 heavy (non-hydrogen) atoms. The fraction of sp³-hybridized carbons (Fsp3) is 0.211. The number of aromatic carboxylic acids is 1. The van der Waals surface area contributed by atoms with Crippen LogP contribution in [0, 0.1) is 0 Å². The van der Waals surface area contributed by atoms with Crippen molar-refractivity contribution >= 4 is 11.9 Å². The summed E-state index contributed by atoms with van der Waals surface area (Å²) in [5.41, 5.74) is 2.19. The summed E-state index contributed by atoms with van der Waals surface area (Å²) in [6.07, 6.45) is 6.87. The van der Waals surface area contributed by atoms with Crippen molar-refractivity contribution in [2.24, 2.45) is 0 Å². The van der Waals surface area contributed by atoms with E-state index in [1.165, 1.54) is 17.1 Å². The first-order valence-corrected chi connectivity index (χ1v) is 8.31. The van der Waals surface area contributed by atoms with Crippen molar-refractivity contribution in [2.75, 3.05) is 0 Å². The molecule has 0 spiro atoms. The van der Waals surface area contributed by atoms with Crippen molar-refractivity contribution in [1.29, 1.82) is 0 Å². The zero-order valence-electron chi connectivity index (χ0n) is 14.4. The second kappa shape index (κ2) is 7.69. The maximum absolute atomic E-state index is 12.1. The number of hydrogen-bond acceptors (Lipinski definition) is 3. The molecular formula is C19H20N4O3. The third kappa shape index (κ3) is 4.18. The first kappa shape index (κ1) is 17.5. The van der Waals surface area contributed by atoms with Crippen LogP contribution in [0.3, 0.4) is 0 Å². The molecule has 0 fully saturated rings. The van der Waals surface area contributed by atoms with Crippen LogP contribution in [0.4, 0.5) is 0 Å². The minimum absolute atomic E-state index is 0.112. The number of carboxylic acids is 1. The predicted molar refractivity (Wildman–Crippen MR) is 96.1 cm³/mol. The summed E-state index contributed by atoms with van der Waals surface area (Å²) >= 11 is 0. The molecule has 0 aliphatic heterocycles. The Balaban J connectivity index is 1.52. The van der Waals surface area contributed by atoms with Crippen LogP contribution in [-0.4, -0.2) is 31.3 Å². The number of aromatic nitrogens is 3. The standard InChI is InChI=1S/C19H20N4O3/c1-14(15-4-6-17(7-5-15)22-9-2-3-10-22)21-18(24)8-11-23-13-16(12-20-23)19(25)26/h2-7,9-10,12-14H,8,11H2,1H3,(H,21,24)(H,25,26). The zero-order chi connectivity index (χ0) is 18.5. The van der Waals surface area contributed by atoms with E-state index in [4.69, 9.17) is 5.11 Å². The average Bonchev–Trinajstić information content (AvgIpc) is 3.32. The van der Waals surface area contributed by atoms with Crippen LogP contribution in [0.15, 0.2) is 61.2 Å². The van der Waals surface area contributed by atoms with Gasteiger partial charge in [0.25, 0.3) is 0 Å². The highest BCUT2D eigenvalue weighted by Crippen LogP contribution is 2.16. The summed E-state index contributed by atoms with van der Waals surface area (Å²) in [6, 6.07) is 11.8. The number of aryl methyl sites for hydroxylation is 1. The van der Waals surface area contributed by atoms with Gasteiger partial charge in [0.1, 0.15) is 0 Å². The lowest BCUT2D eigenvalue weighted by Crippen LogP contribution is -2.27. The summed E-state index contributed by atoms with van der Waals surface area (Å²) in [5, 5.41) is 15.7. The lowest BCUT2D eigenvalue weighted by molar-refractivity contribution is -0.122. The summed E-state index contributed by atoms with van der Waals surface area (Å²) in [4.78, 5) is 22.9. The van der Waals surface area contributed by atoms with Gasteiger partial charge in [0, 0.05) is 37.2 Å². The number of carbonyl (C=O) groups excluding carboxylic acids is 1. The van der Waals surface area contributed by atoms with Gasteiger partial charge in [-0.3, -0.25) is 9.48 Å². The van der Waals surface area contributed by atoms with Crippen LogP contribution >= 0.6 is 0 Å². The Bertz CT molecular complexity index is 882. The lowest BCUT2D eigenvalue weighted by Gasteiger charge is -2.15. The summed E-state index contributed by atoms with van der Waals surface area (Å²) < 4.78 is 3.47. The molecule has 3 aromatic rings. The Labute approximate surface area is 150 Å². The molecule has 2 heterocycles. The van der Waals surface area contributed by atoms with Gasteiger partial charge >= 0.3 is 5.97 Å². The van der Waals surface area contributed by atoms with Crippen molar-refractivity contribution in [1.82, 2.24) is 19.7 Å². The molecule has 7 nitrogen and oxygen atoms in total. The van der Waals surface area contributed by atoms with Gasteiger partial charge in [-0.1, -0.05) is 12.1 Å². The number of amides is 1. The smallest absolute Gasteiger partial charge is 0.338 e. The van der Waals surface area contributed by atoms with Gasteiger partial charge in [0.05, 0.1) is 17.8 Å². The van der Waals surface area contributed by atoms with Gasteiger partial charge in [-0.2, -0.15) is 5.10 Å². The van der Waals surface area contributed by atoms with E-state index in [2.05, 4.69) is 10.4 Å². The molecule has 0 saturated carbocycles. The highest BCUT2D eigenvalue weighted by Gasteiger charge is 2.11. The van der Waals surface area contributed by atoms with Crippen molar-refractivity contribution in [3.05, 3.63) is 72.3 Å². The molecule has 1 aromatic carbocycles. The quantitative estimate of drug-likeness (QED) is 0.684. The Morgan fingerprint density at radius 1 is 1.19 bits per heavy atom. The summed E-state index contributed by atoms with van der Waals surface area (Å²) in [5.74, 6) is -1.14. The summed E-state index contributed by atoms with van der Waals surface area (Å²) in [7, 11) is 0. The van der Waals surface area contributed by atoms with E-state index in [-0.39, 0.29) is 23.9 Å². The molecule has 1 atom stereocenters. The molecule has 0 aliphatic rings. The van der Waals surface area contributed by atoms with Crippen LogP contribution in [-0.2, 0) is 11.3 Å². The van der Waals surface area contributed by atoms with Gasteiger partial charge in [0.15, 0.2) is 0 Å². The van der Waals surface area contributed by atoms with E-state index < -0.39 is 5.97 Å². The van der Waals surface area contributed by atoms with Gasteiger partial charge < -0.3 is 15.0 Å². The zero-order valence-corrected chi connectivity index (χ0v) is 14.4. The van der Waals surface area contributed by atoms with Crippen LogP contribution < -0.4 is 5.32 Å². The maximum atomic E-state index is 12.1. The lowest BCUT2D eigenvalue weighted by atomic mass is 10.1. The summed E-state index contributed by atoms with van der Waals surface area (Å²) in [6.45, 7) is 2.26. The van der Waals surface area contributed by atoms with E-state index in [0.29, 0.717) is 6.54 Å². The van der Waals surface area contributed by atoms with Crippen LogP contribution in [0.25, 0.3) is 5.69 Å². The van der Waals surface area contributed by atoms with E-state index in [1.807, 2.05) is 60.3 Å². The molecule has 1 amide bonds. The third-order valence-corrected chi connectivity index (χ3v) is 4.12. The normalized spacial score (nSPS) is 11.9. The minimum atomic E-state index is -1.03.